The molecular weight excluding hydrogens is 313 g/mol. The van der Waals surface area contributed by atoms with Crippen LogP contribution in [0, 0.1) is 5.82 Å². The third kappa shape index (κ3) is 3.83. The summed E-state index contributed by atoms with van der Waals surface area (Å²) in [5.41, 5.74) is 1.49. The Balaban J connectivity index is 2.09. The highest BCUT2D eigenvalue weighted by atomic mass is 35.5. The number of halogens is 2. The Morgan fingerprint density at radius 3 is 2.76 bits per heavy atom. The van der Waals surface area contributed by atoms with Crippen LogP contribution in [0.1, 0.15) is 38.8 Å². The van der Waals surface area contributed by atoms with Gasteiger partial charge in [0.05, 0.1) is 11.9 Å². The smallest absolute Gasteiger partial charge is 0.136 e. The lowest BCUT2D eigenvalue weighted by atomic mass is 10.0. The first-order valence-corrected chi connectivity index (χ1v) is 8.62. The molecule has 1 aliphatic rings. The maximum atomic E-state index is 13.5. The molecule has 0 amide bonds. The molecule has 0 saturated heterocycles. The second-order valence-electron chi connectivity index (χ2n) is 6.33. The molecule has 6 heteroatoms. The van der Waals surface area contributed by atoms with Crippen LogP contribution in [0.2, 0.25) is 0 Å². The summed E-state index contributed by atoms with van der Waals surface area (Å²) in [6.45, 7) is 7.66. The Labute approximate surface area is 133 Å². The van der Waals surface area contributed by atoms with E-state index >= 15 is 0 Å². The summed E-state index contributed by atoms with van der Waals surface area (Å²) in [6.07, 6.45) is 0.419. The molecule has 2 rings (SSSR count). The van der Waals surface area contributed by atoms with Gasteiger partial charge in [0.15, 0.2) is 0 Å². The quantitative estimate of drug-likeness (QED) is 0.679. The topological polar surface area (TPSA) is 44.3 Å². The Bertz CT molecular complexity index is 521. The summed E-state index contributed by atoms with van der Waals surface area (Å²) >= 11 is 4.67. The normalized spacial score (nSPS) is 20.8. The van der Waals surface area contributed by atoms with Gasteiger partial charge in [-0.3, -0.25) is 0 Å². The van der Waals surface area contributed by atoms with Gasteiger partial charge in [-0.1, -0.05) is 0 Å². The summed E-state index contributed by atoms with van der Waals surface area (Å²) in [5, 5.41) is 0. The molecule has 0 aliphatic carbocycles. The van der Waals surface area contributed by atoms with Gasteiger partial charge in [-0.15, -0.1) is 16.3 Å². The zero-order valence-corrected chi connectivity index (χ0v) is 14.3. The molecule has 0 bridgehead atoms. The Morgan fingerprint density at radius 1 is 1.52 bits per heavy atom. The van der Waals surface area contributed by atoms with Gasteiger partial charge in [0.2, 0.25) is 0 Å². The number of ether oxygens (including phenoxy) is 1. The number of alkyl halides is 1. The second kappa shape index (κ2) is 6.32. The largest absolute Gasteiger partial charge is 0.598 e. The van der Waals surface area contributed by atoms with Crippen molar-refractivity contribution in [3.8, 4) is 5.75 Å². The number of fused-ring (bicyclic) bond motifs is 1. The number of hydrogen-bond acceptors (Lipinski definition) is 3. The van der Waals surface area contributed by atoms with Gasteiger partial charge >= 0.3 is 0 Å². The summed E-state index contributed by atoms with van der Waals surface area (Å²) in [5.74, 6) is 0.585. The van der Waals surface area contributed by atoms with E-state index in [2.05, 4.69) is 4.72 Å². The monoisotopic (exact) mass is 333 g/mol. The van der Waals surface area contributed by atoms with Gasteiger partial charge in [-0.05, 0) is 39.8 Å². The lowest BCUT2D eigenvalue weighted by Crippen LogP contribution is -2.49. The molecule has 0 radical (unpaired) electrons. The average molecular weight is 334 g/mol. The summed E-state index contributed by atoms with van der Waals surface area (Å²) < 4.78 is 34.3. The highest BCUT2D eigenvalue weighted by Gasteiger charge is 2.35. The molecule has 1 N–H and O–H groups in total. The predicted octanol–water partition coefficient (Wildman–Crippen LogP) is 3.31. The average Bonchev–Trinajstić information content (AvgIpc) is 2.80. The number of hydrogen-bond donors (Lipinski definition) is 1. The molecule has 0 saturated carbocycles. The maximum absolute atomic E-state index is 13.5. The van der Waals surface area contributed by atoms with E-state index in [1.807, 2.05) is 27.7 Å². The van der Waals surface area contributed by atoms with E-state index in [0.717, 1.165) is 5.56 Å². The van der Waals surface area contributed by atoms with Crippen molar-refractivity contribution in [3.63, 3.8) is 0 Å². The first kappa shape index (κ1) is 16.9. The van der Waals surface area contributed by atoms with Crippen LogP contribution in [-0.2, 0) is 23.7 Å². The highest BCUT2D eigenvalue weighted by Crippen LogP contribution is 2.35. The minimum absolute atomic E-state index is 0.108. The van der Waals surface area contributed by atoms with Gasteiger partial charge in [-0.25, -0.2) is 4.39 Å². The van der Waals surface area contributed by atoms with Crippen molar-refractivity contribution >= 4 is 23.0 Å². The van der Waals surface area contributed by atoms with E-state index in [9.17, 15) is 8.94 Å². The second-order valence-corrected chi connectivity index (χ2v) is 8.60. The van der Waals surface area contributed by atoms with Crippen molar-refractivity contribution in [2.45, 2.75) is 56.9 Å². The molecule has 118 valence electrons. The van der Waals surface area contributed by atoms with E-state index in [0.29, 0.717) is 17.7 Å². The van der Waals surface area contributed by atoms with Gasteiger partial charge in [0, 0.05) is 28.9 Å². The standard InChI is InChI=1S/C15H21ClFNO2S/c1-9(18-21(19)15(2,3)4)13-7-10-5-12(17)6-11(8-16)14(10)20-13/h5-6,9,13,18H,7-8H2,1-4H3/t9-,13-,21-/m1/s1. The number of benzene rings is 1. The Kier molecular flexibility index (Phi) is 5.08. The molecule has 0 fully saturated rings. The zero-order chi connectivity index (χ0) is 15.8. The van der Waals surface area contributed by atoms with Crippen LogP contribution in [0.4, 0.5) is 4.39 Å². The van der Waals surface area contributed by atoms with E-state index < -0.39 is 11.4 Å². The zero-order valence-electron chi connectivity index (χ0n) is 12.7. The number of rotatable bonds is 4. The molecule has 21 heavy (non-hydrogen) atoms. The molecule has 3 atom stereocenters. The lowest BCUT2D eigenvalue weighted by Gasteiger charge is -2.28. The van der Waals surface area contributed by atoms with E-state index in [1.54, 1.807) is 0 Å². The Hall–Kier alpha value is -0.490. The van der Waals surface area contributed by atoms with Gasteiger partial charge in [-0.2, -0.15) is 0 Å². The third-order valence-electron chi connectivity index (χ3n) is 3.45. The van der Waals surface area contributed by atoms with Crippen LogP contribution in [0.15, 0.2) is 12.1 Å². The van der Waals surface area contributed by atoms with Gasteiger partial charge in [0.1, 0.15) is 22.4 Å². The first-order chi connectivity index (χ1) is 9.72. The first-order valence-electron chi connectivity index (χ1n) is 6.94. The fourth-order valence-corrected chi connectivity index (χ4v) is 3.27. The SMILES string of the molecule is C[C@@H](N[S@+]([O-])C(C)(C)C)[C@H]1Cc2cc(F)cc(CCl)c2O1. The molecule has 1 aromatic carbocycles. The fraction of sp³-hybridized carbons (Fsp3) is 0.600. The minimum atomic E-state index is -1.17. The minimum Gasteiger partial charge on any atom is -0.598 e. The van der Waals surface area contributed by atoms with Crippen LogP contribution in [-0.4, -0.2) is 21.4 Å². The van der Waals surface area contributed by atoms with Crippen molar-refractivity contribution in [1.82, 2.24) is 4.72 Å². The van der Waals surface area contributed by atoms with Crippen molar-refractivity contribution in [3.05, 3.63) is 29.1 Å². The van der Waals surface area contributed by atoms with Crippen molar-refractivity contribution in [1.29, 1.82) is 0 Å². The predicted molar refractivity (Wildman–Crippen MR) is 84.6 cm³/mol. The summed E-state index contributed by atoms with van der Waals surface area (Å²) in [7, 11) is 0. The Morgan fingerprint density at radius 2 is 2.19 bits per heavy atom. The maximum Gasteiger partial charge on any atom is 0.136 e. The highest BCUT2D eigenvalue weighted by molar-refractivity contribution is 7.90. The summed E-state index contributed by atoms with van der Waals surface area (Å²) in [6, 6.07) is 2.78. The molecule has 1 heterocycles. The van der Waals surface area contributed by atoms with Crippen LogP contribution >= 0.6 is 11.6 Å². The van der Waals surface area contributed by atoms with E-state index in [1.165, 1.54) is 12.1 Å². The molecule has 1 aliphatic heterocycles. The molecule has 0 aromatic heterocycles. The number of nitrogens with one attached hydrogen (secondary N) is 1. The fourth-order valence-electron chi connectivity index (χ4n) is 2.22. The van der Waals surface area contributed by atoms with Gasteiger partial charge < -0.3 is 9.29 Å². The van der Waals surface area contributed by atoms with E-state index in [4.69, 9.17) is 16.3 Å². The molecule has 0 spiro atoms. The summed E-state index contributed by atoms with van der Waals surface area (Å²) in [4.78, 5) is 0. The van der Waals surface area contributed by atoms with Crippen LogP contribution in [0.3, 0.4) is 0 Å². The molecular formula is C15H21ClFNO2S. The van der Waals surface area contributed by atoms with Crippen LogP contribution < -0.4 is 9.46 Å². The van der Waals surface area contributed by atoms with Crippen molar-refractivity contribution < 1.29 is 13.7 Å². The van der Waals surface area contributed by atoms with Gasteiger partial charge in [0.25, 0.3) is 0 Å². The molecule has 0 unspecified atom stereocenters. The van der Waals surface area contributed by atoms with Crippen molar-refractivity contribution in [2.75, 3.05) is 0 Å². The van der Waals surface area contributed by atoms with Crippen LogP contribution in [0.25, 0.3) is 0 Å². The molecule has 1 aromatic rings. The lowest BCUT2D eigenvalue weighted by molar-refractivity contribution is 0.196. The van der Waals surface area contributed by atoms with Crippen LogP contribution in [0.5, 0.6) is 5.75 Å². The molecule has 3 nitrogen and oxygen atoms in total. The van der Waals surface area contributed by atoms with Crippen molar-refractivity contribution in [2.24, 2.45) is 0 Å². The van der Waals surface area contributed by atoms with E-state index in [-0.39, 0.29) is 28.6 Å². The third-order valence-corrected chi connectivity index (χ3v) is 5.43.